The maximum atomic E-state index is 12.9. The fourth-order valence-corrected chi connectivity index (χ4v) is 11.3. The minimum atomic E-state index is -4.92. The number of carbonyl (C=O) groups excluding carboxylic acids is 3. The lowest BCUT2D eigenvalue weighted by molar-refractivity contribution is -0.161. The Bertz CT molecular complexity index is 2080. The van der Waals surface area contributed by atoms with Crippen LogP contribution in [0.1, 0.15) is 303 Å². The summed E-state index contributed by atoms with van der Waals surface area (Å²) >= 11 is 0. The van der Waals surface area contributed by atoms with Gasteiger partial charge in [-0.05, 0) is 116 Å². The van der Waals surface area contributed by atoms with Gasteiger partial charge in [-0.15, -0.1) is 0 Å². The van der Waals surface area contributed by atoms with E-state index >= 15 is 0 Å². The van der Waals surface area contributed by atoms with Crippen LogP contribution in [0.25, 0.3) is 0 Å². The van der Waals surface area contributed by atoms with Gasteiger partial charge in [-0.25, -0.2) is 9.13 Å². The molecule has 0 aromatic heterocycles. The molecule has 0 radical (unpaired) electrons. The summed E-state index contributed by atoms with van der Waals surface area (Å²) in [6.45, 7) is 2.47. The molecule has 0 fully saturated rings. The van der Waals surface area contributed by atoms with Crippen molar-refractivity contribution in [1.82, 2.24) is 0 Å². The Morgan fingerprint density at radius 3 is 0.946 bits per heavy atom. The zero-order valence-corrected chi connectivity index (χ0v) is 60.2. The van der Waals surface area contributed by atoms with Crippen molar-refractivity contribution < 1.29 is 75.8 Å². The molecule has 0 saturated carbocycles. The van der Waals surface area contributed by atoms with Gasteiger partial charge in [0.25, 0.3) is 0 Å². The first-order valence-corrected chi connectivity index (χ1v) is 39.5. The Morgan fingerprint density at radius 1 is 0.312 bits per heavy atom. The molecule has 0 aromatic rings. The highest BCUT2D eigenvalue weighted by atomic mass is 31.2. The van der Waals surface area contributed by atoms with Gasteiger partial charge in [-0.2, -0.15) is 0 Å². The zero-order chi connectivity index (χ0) is 68.1. The van der Waals surface area contributed by atoms with Gasteiger partial charge in [0.05, 0.1) is 26.4 Å². The van der Waals surface area contributed by atoms with Crippen LogP contribution in [-0.2, 0) is 55.8 Å². The maximum absolute atomic E-state index is 12.9. The van der Waals surface area contributed by atoms with Crippen LogP contribution in [0.15, 0.2) is 97.2 Å². The van der Waals surface area contributed by atoms with Crippen LogP contribution in [-0.4, -0.2) is 95.9 Å². The summed E-state index contributed by atoms with van der Waals surface area (Å²) in [5, 5.41) is 20.6. The van der Waals surface area contributed by atoms with Gasteiger partial charge < -0.3 is 34.2 Å². The summed E-state index contributed by atoms with van der Waals surface area (Å²) in [5.41, 5.74) is 0. The number of aliphatic hydroxyl groups is 2. The van der Waals surface area contributed by atoms with E-state index in [9.17, 15) is 43.5 Å². The molecule has 0 spiro atoms. The van der Waals surface area contributed by atoms with Crippen LogP contribution in [0.2, 0.25) is 0 Å². The SMILES string of the molecule is CC/C=C\C/C=C\C/C=C\C/C=C\C/C=C\CCCCCCCCCCCCCCCCCC(=O)OCC(O)COP(=O)(O)OCC(O)COP(=O)(O)OCC(COC(=O)CCCCCCC/C=C\C/C=C\CCCCC)OC(=O)CCCCCCC/C=C\CCCC. The van der Waals surface area contributed by atoms with Gasteiger partial charge in [0, 0.05) is 19.3 Å². The lowest BCUT2D eigenvalue weighted by atomic mass is 10.0. The Hall–Kier alpha value is -3.53. The molecule has 4 N–H and O–H groups in total. The minimum absolute atomic E-state index is 0.0920. The molecule has 0 aliphatic rings. The van der Waals surface area contributed by atoms with Gasteiger partial charge in [0.15, 0.2) is 6.10 Å². The molecule has 0 amide bonds. The number of rotatable bonds is 69. The van der Waals surface area contributed by atoms with E-state index in [2.05, 4.69) is 118 Å². The van der Waals surface area contributed by atoms with Crippen molar-refractivity contribution in [2.24, 2.45) is 0 Å². The highest BCUT2D eigenvalue weighted by molar-refractivity contribution is 7.47. The third-order valence-corrected chi connectivity index (χ3v) is 17.2. The fourth-order valence-electron chi connectivity index (χ4n) is 9.67. The topological polar surface area (TPSA) is 231 Å². The van der Waals surface area contributed by atoms with Gasteiger partial charge in [0.1, 0.15) is 25.4 Å². The number of unbranched alkanes of at least 4 members (excludes halogenated alkanes) is 30. The first-order chi connectivity index (χ1) is 45.2. The van der Waals surface area contributed by atoms with Crippen LogP contribution in [0.3, 0.4) is 0 Å². The number of hydrogen-bond donors (Lipinski definition) is 4. The van der Waals surface area contributed by atoms with Gasteiger partial charge in [-0.1, -0.05) is 266 Å². The molecular weight excluding hydrogens is 1220 g/mol. The van der Waals surface area contributed by atoms with E-state index in [4.69, 9.17) is 32.3 Å². The average Bonchev–Trinajstić information content (AvgIpc) is 2.38. The normalized spacial score (nSPS) is 14.7. The number of phosphoric acid groups is 2. The van der Waals surface area contributed by atoms with E-state index in [0.29, 0.717) is 19.3 Å². The second kappa shape index (κ2) is 68.4. The Balaban J connectivity index is 4.36. The van der Waals surface area contributed by atoms with E-state index in [1.54, 1.807) is 0 Å². The summed E-state index contributed by atoms with van der Waals surface area (Å²) in [4.78, 5) is 58.3. The van der Waals surface area contributed by atoms with Crippen molar-refractivity contribution in [3.63, 3.8) is 0 Å². The predicted octanol–water partition coefficient (Wildman–Crippen LogP) is 20.6. The van der Waals surface area contributed by atoms with Crippen molar-refractivity contribution in [2.75, 3.05) is 39.6 Å². The number of hydrogen-bond acceptors (Lipinski definition) is 14. The molecule has 0 saturated heterocycles. The summed E-state index contributed by atoms with van der Waals surface area (Å²) in [6.07, 6.45) is 76.3. The predicted molar refractivity (Wildman–Crippen MR) is 381 cm³/mol. The van der Waals surface area contributed by atoms with E-state index in [0.717, 1.165) is 135 Å². The average molecular weight is 1350 g/mol. The number of phosphoric ester groups is 2. The number of aliphatic hydroxyl groups excluding tert-OH is 2. The fraction of sp³-hybridized carbons (Fsp3) is 0.747. The molecular formula is C75H132O16P2. The van der Waals surface area contributed by atoms with Crippen LogP contribution in [0.4, 0.5) is 0 Å². The second-order valence-electron chi connectivity index (χ2n) is 24.4. The Kier molecular flexibility index (Phi) is 65.8. The highest BCUT2D eigenvalue weighted by Gasteiger charge is 2.29. The molecule has 0 aromatic carbocycles. The summed E-state index contributed by atoms with van der Waals surface area (Å²) in [7, 11) is -9.77. The van der Waals surface area contributed by atoms with E-state index < -0.39 is 91.5 Å². The highest BCUT2D eigenvalue weighted by Crippen LogP contribution is 2.45. The lowest BCUT2D eigenvalue weighted by Crippen LogP contribution is -2.30. The minimum Gasteiger partial charge on any atom is -0.463 e. The molecule has 5 atom stereocenters. The third kappa shape index (κ3) is 69.6. The molecule has 93 heavy (non-hydrogen) atoms. The van der Waals surface area contributed by atoms with Crippen LogP contribution in [0.5, 0.6) is 0 Å². The smallest absolute Gasteiger partial charge is 0.463 e. The molecule has 0 heterocycles. The van der Waals surface area contributed by atoms with Gasteiger partial charge in [-0.3, -0.25) is 32.5 Å². The number of allylic oxidation sites excluding steroid dienone is 16. The lowest BCUT2D eigenvalue weighted by Gasteiger charge is -2.21. The van der Waals surface area contributed by atoms with Crippen molar-refractivity contribution >= 4 is 33.6 Å². The molecule has 0 rings (SSSR count). The van der Waals surface area contributed by atoms with Crippen molar-refractivity contribution in [3.8, 4) is 0 Å². The molecule has 0 bridgehead atoms. The van der Waals surface area contributed by atoms with Gasteiger partial charge in [0.2, 0.25) is 0 Å². The van der Waals surface area contributed by atoms with E-state index in [-0.39, 0.29) is 19.3 Å². The number of carbonyl (C=O) groups is 3. The molecule has 0 aliphatic heterocycles. The first-order valence-electron chi connectivity index (χ1n) is 36.5. The molecule has 0 aliphatic carbocycles. The van der Waals surface area contributed by atoms with Crippen molar-refractivity contribution in [3.05, 3.63) is 97.2 Å². The second-order valence-corrected chi connectivity index (χ2v) is 27.3. The van der Waals surface area contributed by atoms with Crippen LogP contribution < -0.4 is 0 Å². The van der Waals surface area contributed by atoms with Crippen LogP contribution in [0, 0.1) is 0 Å². The molecule has 18 heteroatoms. The summed E-state index contributed by atoms with van der Waals surface area (Å²) in [6, 6.07) is 0. The Morgan fingerprint density at radius 2 is 0.581 bits per heavy atom. The molecule has 16 nitrogen and oxygen atoms in total. The number of ether oxygens (including phenoxy) is 3. The van der Waals surface area contributed by atoms with Crippen LogP contribution >= 0.6 is 15.6 Å². The summed E-state index contributed by atoms with van der Waals surface area (Å²) in [5.74, 6) is -1.60. The molecule has 5 unspecified atom stereocenters. The monoisotopic (exact) mass is 1350 g/mol. The quantitative estimate of drug-likeness (QED) is 0.0146. The van der Waals surface area contributed by atoms with Crippen molar-refractivity contribution in [2.45, 2.75) is 322 Å². The zero-order valence-electron chi connectivity index (χ0n) is 58.4. The largest absolute Gasteiger partial charge is 0.472 e. The first kappa shape index (κ1) is 89.5. The number of esters is 3. The summed E-state index contributed by atoms with van der Waals surface area (Å²) < 4.78 is 60.8. The molecule has 538 valence electrons. The third-order valence-electron chi connectivity index (χ3n) is 15.3. The maximum Gasteiger partial charge on any atom is 0.472 e. The van der Waals surface area contributed by atoms with Gasteiger partial charge >= 0.3 is 33.6 Å². The standard InChI is InChI=1S/C75H132O16P2/c1-4-7-10-13-16-19-22-24-26-27-28-29-30-31-32-33-34-35-36-37-38-39-40-41-43-45-47-49-52-55-58-61-73(78)85-64-70(76)65-87-92(81,82)88-66-71(77)67-89-93(83,84)90-69-72(91-75(80)63-60-57-54-51-46-21-18-15-12-9-6-3)68-86-74(79)62-59-56-53-50-48-44-42-25-23-20-17-14-11-8-5-2/h7,10,15-20,24-26,28-29,31-32,42,70-72,76-77H,4-6,8-9,11-14,21-23,27,30,33-41,43-69H2,1-3H3,(H,81,82)(H,83,84)/b10-7-,18-15-,19-16-,20-17-,26-24-,29-28-,32-31-,42-25-. The Labute approximate surface area is 565 Å². The van der Waals surface area contributed by atoms with Crippen molar-refractivity contribution in [1.29, 1.82) is 0 Å². The van der Waals surface area contributed by atoms with E-state index in [1.165, 1.54) is 109 Å². The van der Waals surface area contributed by atoms with E-state index in [1.807, 2.05) is 0 Å².